The largest absolute Gasteiger partial charge is 0.478 e. The zero-order valence-corrected chi connectivity index (χ0v) is 12.8. The number of carbonyl (C=O) groups is 2. The maximum atomic E-state index is 12.5. The first-order chi connectivity index (χ1) is 11.1. The van der Waals surface area contributed by atoms with E-state index in [1.165, 1.54) is 0 Å². The molecule has 0 atom stereocenters. The summed E-state index contributed by atoms with van der Waals surface area (Å²) in [5, 5.41) is 12.0. The fourth-order valence-electron chi connectivity index (χ4n) is 2.88. The number of carboxylic acids is 1. The van der Waals surface area contributed by atoms with Crippen LogP contribution in [0.5, 0.6) is 0 Å². The molecule has 23 heavy (non-hydrogen) atoms. The second-order valence-corrected chi connectivity index (χ2v) is 5.96. The molecule has 1 amide bonds. The van der Waals surface area contributed by atoms with Crippen LogP contribution in [-0.2, 0) is 16.6 Å². The molecule has 2 aromatic carbocycles. The van der Waals surface area contributed by atoms with Crippen molar-refractivity contribution in [2.45, 2.75) is 24.7 Å². The van der Waals surface area contributed by atoms with Crippen LogP contribution in [0.4, 0.5) is 0 Å². The molecular formula is C19H19NO3. The van der Waals surface area contributed by atoms with Crippen LogP contribution in [0.15, 0.2) is 54.6 Å². The van der Waals surface area contributed by atoms with Gasteiger partial charge in [0.1, 0.15) is 0 Å². The van der Waals surface area contributed by atoms with Gasteiger partial charge in [-0.3, -0.25) is 4.79 Å². The molecular weight excluding hydrogens is 290 g/mol. The lowest BCUT2D eigenvalue weighted by Crippen LogP contribution is -2.35. The molecule has 4 heteroatoms. The van der Waals surface area contributed by atoms with E-state index in [9.17, 15) is 9.59 Å². The van der Waals surface area contributed by atoms with Crippen LogP contribution >= 0.6 is 0 Å². The van der Waals surface area contributed by atoms with Crippen molar-refractivity contribution in [3.05, 3.63) is 71.3 Å². The highest BCUT2D eigenvalue weighted by Gasteiger charge is 2.50. The van der Waals surface area contributed by atoms with Gasteiger partial charge in [-0.05, 0) is 42.5 Å². The molecule has 0 bridgehead atoms. The van der Waals surface area contributed by atoms with Gasteiger partial charge in [-0.1, -0.05) is 42.5 Å². The number of carbonyl (C=O) groups excluding carboxylic acids is 1. The Morgan fingerprint density at radius 3 is 2.43 bits per heavy atom. The number of carboxylic acid groups (broad SMARTS) is 1. The lowest BCUT2D eigenvalue weighted by Gasteiger charge is -2.15. The molecule has 0 spiro atoms. The van der Waals surface area contributed by atoms with Crippen molar-refractivity contribution in [1.82, 2.24) is 5.32 Å². The van der Waals surface area contributed by atoms with Crippen LogP contribution in [0, 0.1) is 0 Å². The molecule has 0 heterocycles. The third-order valence-electron chi connectivity index (χ3n) is 4.38. The third kappa shape index (κ3) is 3.26. The van der Waals surface area contributed by atoms with Gasteiger partial charge < -0.3 is 10.4 Å². The molecule has 1 fully saturated rings. The van der Waals surface area contributed by atoms with Gasteiger partial charge >= 0.3 is 5.97 Å². The predicted molar refractivity (Wildman–Crippen MR) is 87.5 cm³/mol. The van der Waals surface area contributed by atoms with E-state index < -0.39 is 5.97 Å². The van der Waals surface area contributed by atoms with E-state index in [4.69, 9.17) is 5.11 Å². The summed E-state index contributed by atoms with van der Waals surface area (Å²) in [5.74, 6) is -0.866. The lowest BCUT2D eigenvalue weighted by molar-refractivity contribution is -0.123. The van der Waals surface area contributed by atoms with Crippen molar-refractivity contribution < 1.29 is 14.7 Å². The summed E-state index contributed by atoms with van der Waals surface area (Å²) < 4.78 is 0. The molecule has 0 unspecified atom stereocenters. The molecule has 2 N–H and O–H groups in total. The maximum Gasteiger partial charge on any atom is 0.335 e. The van der Waals surface area contributed by atoms with E-state index in [0.29, 0.717) is 13.0 Å². The number of rotatable bonds is 6. The highest BCUT2D eigenvalue weighted by molar-refractivity contribution is 5.91. The second kappa shape index (κ2) is 6.24. The third-order valence-corrected chi connectivity index (χ3v) is 4.38. The van der Waals surface area contributed by atoms with Gasteiger partial charge in [0.05, 0.1) is 11.0 Å². The van der Waals surface area contributed by atoms with Crippen molar-refractivity contribution in [2.75, 3.05) is 6.54 Å². The number of amides is 1. The summed E-state index contributed by atoms with van der Waals surface area (Å²) in [6.07, 6.45) is 2.40. The predicted octanol–water partition coefficient (Wildman–Crippen LogP) is 2.78. The quantitative estimate of drug-likeness (QED) is 0.862. The Morgan fingerprint density at radius 1 is 1.04 bits per heavy atom. The van der Waals surface area contributed by atoms with Crippen LogP contribution in [0.1, 0.15) is 34.3 Å². The minimum Gasteiger partial charge on any atom is -0.478 e. The van der Waals surface area contributed by atoms with Crippen molar-refractivity contribution in [3.63, 3.8) is 0 Å². The zero-order valence-electron chi connectivity index (χ0n) is 12.8. The average Bonchev–Trinajstić information content (AvgIpc) is 3.38. The highest BCUT2D eigenvalue weighted by Crippen LogP contribution is 2.48. The first-order valence-electron chi connectivity index (χ1n) is 7.78. The summed E-state index contributed by atoms with van der Waals surface area (Å²) >= 11 is 0. The number of hydrogen-bond acceptors (Lipinski definition) is 2. The van der Waals surface area contributed by atoms with E-state index in [1.807, 2.05) is 36.4 Å². The Balaban J connectivity index is 1.58. The highest BCUT2D eigenvalue weighted by atomic mass is 16.4. The Kier molecular flexibility index (Phi) is 4.15. The average molecular weight is 309 g/mol. The zero-order chi connectivity index (χ0) is 16.3. The van der Waals surface area contributed by atoms with Gasteiger partial charge in [0.15, 0.2) is 0 Å². The number of hydrogen-bond donors (Lipinski definition) is 2. The van der Waals surface area contributed by atoms with E-state index in [0.717, 1.165) is 24.0 Å². The topological polar surface area (TPSA) is 66.4 Å². The van der Waals surface area contributed by atoms with Crippen molar-refractivity contribution in [2.24, 2.45) is 0 Å². The van der Waals surface area contributed by atoms with Crippen molar-refractivity contribution in [3.8, 4) is 0 Å². The molecule has 3 rings (SSSR count). The Hall–Kier alpha value is -2.62. The Labute approximate surface area is 135 Å². The molecule has 118 valence electrons. The molecule has 1 saturated carbocycles. The molecule has 2 aromatic rings. The van der Waals surface area contributed by atoms with Gasteiger partial charge in [-0.15, -0.1) is 0 Å². The molecule has 0 radical (unpaired) electrons. The smallest absolute Gasteiger partial charge is 0.335 e. The monoisotopic (exact) mass is 309 g/mol. The summed E-state index contributed by atoms with van der Waals surface area (Å²) in [5.41, 5.74) is 1.90. The van der Waals surface area contributed by atoms with E-state index in [1.54, 1.807) is 18.2 Å². The minimum absolute atomic E-state index is 0.0677. The minimum atomic E-state index is -0.933. The van der Waals surface area contributed by atoms with Gasteiger partial charge in [-0.25, -0.2) is 4.79 Å². The van der Waals surface area contributed by atoms with Crippen LogP contribution < -0.4 is 5.32 Å². The van der Waals surface area contributed by atoms with Crippen molar-refractivity contribution >= 4 is 11.9 Å². The summed E-state index contributed by atoms with van der Waals surface area (Å²) in [7, 11) is 0. The first-order valence-corrected chi connectivity index (χ1v) is 7.78. The fraction of sp³-hybridized carbons (Fsp3) is 0.263. The normalized spacial score (nSPS) is 15.0. The summed E-state index contributed by atoms with van der Waals surface area (Å²) in [4.78, 5) is 23.4. The van der Waals surface area contributed by atoms with E-state index >= 15 is 0 Å². The van der Waals surface area contributed by atoms with Gasteiger partial charge in [-0.2, -0.15) is 0 Å². The molecule has 1 aliphatic carbocycles. The lowest BCUT2D eigenvalue weighted by atomic mass is 9.95. The molecule has 1 aliphatic rings. The Bertz CT molecular complexity index is 720. The maximum absolute atomic E-state index is 12.5. The van der Waals surface area contributed by atoms with Gasteiger partial charge in [0.25, 0.3) is 0 Å². The molecule has 4 nitrogen and oxygen atoms in total. The van der Waals surface area contributed by atoms with E-state index in [-0.39, 0.29) is 16.9 Å². The second-order valence-electron chi connectivity index (χ2n) is 5.96. The van der Waals surface area contributed by atoms with Crippen LogP contribution in [0.2, 0.25) is 0 Å². The van der Waals surface area contributed by atoms with Crippen LogP contribution in [-0.4, -0.2) is 23.5 Å². The molecule has 0 aliphatic heterocycles. The molecule has 0 saturated heterocycles. The van der Waals surface area contributed by atoms with Gasteiger partial charge in [0.2, 0.25) is 5.91 Å². The number of nitrogens with one attached hydrogen (secondary N) is 1. The summed E-state index contributed by atoms with van der Waals surface area (Å²) in [6.45, 7) is 0.510. The van der Waals surface area contributed by atoms with Crippen molar-refractivity contribution in [1.29, 1.82) is 0 Å². The first kappa shape index (κ1) is 15.3. The SMILES string of the molecule is O=C(O)c1cccc(CCNC(=O)C2(c3ccccc3)CC2)c1. The van der Waals surface area contributed by atoms with E-state index in [2.05, 4.69) is 5.32 Å². The number of benzene rings is 2. The number of aromatic carboxylic acids is 1. The fourth-order valence-corrected chi connectivity index (χ4v) is 2.88. The van der Waals surface area contributed by atoms with Gasteiger partial charge in [0, 0.05) is 6.54 Å². The molecule has 0 aromatic heterocycles. The summed E-state index contributed by atoms with van der Waals surface area (Å²) in [6, 6.07) is 16.7. The standard InChI is InChI=1S/C19H19NO3/c21-17(22)15-6-4-5-14(13-15)9-12-20-18(23)19(10-11-19)16-7-2-1-3-8-16/h1-8,13H,9-12H2,(H,20,23)(H,21,22). The van der Waals surface area contributed by atoms with Crippen LogP contribution in [0.25, 0.3) is 0 Å². The van der Waals surface area contributed by atoms with Crippen LogP contribution in [0.3, 0.4) is 0 Å². The Morgan fingerprint density at radius 2 is 1.78 bits per heavy atom.